The molecular formula is C41H64O5. The van der Waals surface area contributed by atoms with E-state index in [2.05, 4.69) is 75.5 Å². The largest absolute Gasteiger partial charge is 0.481 e. The number of aliphatic carboxylic acids is 1. The summed E-state index contributed by atoms with van der Waals surface area (Å²) in [6.45, 7) is 7.11. The highest BCUT2D eigenvalue weighted by molar-refractivity contribution is 5.72. The standard InChI is InChI=1S/C41H64O5/c1-40(2)33-27-23-19-15-14-18-22-26-32-38(42)45-35-36(39(43)44)29-24-20-16-12-10-8-6-4-5-7-9-11-13-17-21-25-30-37-31-28-34-41(40,3)46-37/h4-5,7,9-13,16-17,20-21,36-37H,6,8,14-15,18-19,22-35H2,1-3H3,(H,43,44). The van der Waals surface area contributed by atoms with Crippen LogP contribution in [0.1, 0.15) is 143 Å². The zero-order valence-corrected chi connectivity index (χ0v) is 29.3. The van der Waals surface area contributed by atoms with Gasteiger partial charge >= 0.3 is 11.9 Å². The molecule has 46 heavy (non-hydrogen) atoms. The predicted octanol–water partition coefficient (Wildman–Crippen LogP) is 11.2. The topological polar surface area (TPSA) is 72.8 Å². The van der Waals surface area contributed by atoms with Crippen LogP contribution in [0.4, 0.5) is 0 Å². The highest BCUT2D eigenvalue weighted by Gasteiger charge is 2.44. The highest BCUT2D eigenvalue weighted by Crippen LogP contribution is 2.46. The van der Waals surface area contributed by atoms with E-state index in [0.29, 0.717) is 25.4 Å². The number of cyclic esters (lactones) is 1. The van der Waals surface area contributed by atoms with E-state index in [9.17, 15) is 14.7 Å². The Hall–Kier alpha value is -2.66. The number of carboxylic acid groups (broad SMARTS) is 1. The monoisotopic (exact) mass is 636 g/mol. The third-order valence-corrected chi connectivity index (χ3v) is 9.81. The van der Waals surface area contributed by atoms with Crippen LogP contribution in [0.15, 0.2) is 72.9 Å². The number of carbonyl (C=O) groups excluding carboxylic acids is 1. The number of rotatable bonds is 1. The van der Waals surface area contributed by atoms with Gasteiger partial charge in [0.25, 0.3) is 0 Å². The van der Waals surface area contributed by atoms with Crippen LogP contribution in [0, 0.1) is 11.3 Å². The molecule has 0 radical (unpaired) electrons. The lowest BCUT2D eigenvalue weighted by Gasteiger charge is -2.49. The van der Waals surface area contributed by atoms with Crippen LogP contribution in [0.3, 0.4) is 0 Å². The van der Waals surface area contributed by atoms with Crippen LogP contribution in [0.2, 0.25) is 0 Å². The predicted molar refractivity (Wildman–Crippen MR) is 192 cm³/mol. The lowest BCUT2D eigenvalue weighted by Crippen LogP contribution is -2.49. The summed E-state index contributed by atoms with van der Waals surface area (Å²) in [6.07, 6.45) is 44.7. The van der Waals surface area contributed by atoms with Crippen molar-refractivity contribution in [1.29, 1.82) is 0 Å². The van der Waals surface area contributed by atoms with Crippen LogP contribution in [0.25, 0.3) is 0 Å². The number of carboxylic acids is 1. The van der Waals surface area contributed by atoms with Gasteiger partial charge in [-0.05, 0) is 83.0 Å². The second-order valence-electron chi connectivity index (χ2n) is 14.0. The zero-order chi connectivity index (χ0) is 33.4. The fourth-order valence-electron chi connectivity index (χ4n) is 6.29. The van der Waals surface area contributed by atoms with Gasteiger partial charge < -0.3 is 14.6 Å². The lowest BCUT2D eigenvalue weighted by molar-refractivity contribution is -0.179. The second-order valence-corrected chi connectivity index (χ2v) is 14.0. The van der Waals surface area contributed by atoms with Gasteiger partial charge in [0.15, 0.2) is 0 Å². The van der Waals surface area contributed by atoms with Crippen molar-refractivity contribution in [2.45, 2.75) is 154 Å². The average Bonchev–Trinajstić information content (AvgIpc) is 3.02. The van der Waals surface area contributed by atoms with E-state index in [4.69, 9.17) is 9.47 Å². The van der Waals surface area contributed by atoms with Crippen LogP contribution in [0.5, 0.6) is 0 Å². The van der Waals surface area contributed by atoms with Crippen molar-refractivity contribution >= 4 is 11.9 Å². The fourth-order valence-corrected chi connectivity index (χ4v) is 6.29. The molecule has 1 fully saturated rings. The molecule has 2 rings (SSSR count). The molecule has 0 amide bonds. The first-order valence-corrected chi connectivity index (χ1v) is 18.3. The first kappa shape index (κ1) is 39.5. The highest BCUT2D eigenvalue weighted by atomic mass is 16.5. The molecule has 0 aliphatic carbocycles. The molecule has 3 unspecified atom stereocenters. The van der Waals surface area contributed by atoms with Crippen LogP contribution in [-0.4, -0.2) is 35.4 Å². The Morgan fingerprint density at radius 1 is 0.652 bits per heavy atom. The van der Waals surface area contributed by atoms with Crippen molar-refractivity contribution in [2.24, 2.45) is 11.3 Å². The summed E-state index contributed by atoms with van der Waals surface area (Å²) >= 11 is 0. The molecule has 0 aromatic carbocycles. The van der Waals surface area contributed by atoms with E-state index in [-0.39, 0.29) is 23.6 Å². The minimum Gasteiger partial charge on any atom is -0.481 e. The van der Waals surface area contributed by atoms with E-state index < -0.39 is 11.9 Å². The fraction of sp³-hybridized carbons (Fsp3) is 0.659. The smallest absolute Gasteiger partial charge is 0.309 e. The minimum absolute atomic E-state index is 0.0478. The van der Waals surface area contributed by atoms with Gasteiger partial charge in [0.05, 0.1) is 17.6 Å². The van der Waals surface area contributed by atoms with Gasteiger partial charge in [0.1, 0.15) is 6.61 Å². The molecule has 2 aliphatic heterocycles. The molecule has 0 aromatic heterocycles. The van der Waals surface area contributed by atoms with Gasteiger partial charge in [-0.3, -0.25) is 9.59 Å². The Morgan fingerprint density at radius 2 is 1.17 bits per heavy atom. The molecule has 2 aliphatic rings. The maximum absolute atomic E-state index is 12.2. The summed E-state index contributed by atoms with van der Waals surface area (Å²) in [4.78, 5) is 23.8. The van der Waals surface area contributed by atoms with E-state index in [1.54, 1.807) is 0 Å². The van der Waals surface area contributed by atoms with Crippen LogP contribution < -0.4 is 0 Å². The molecule has 5 heteroatoms. The summed E-state index contributed by atoms with van der Waals surface area (Å²) in [5, 5.41) is 9.52. The molecule has 5 nitrogen and oxygen atoms in total. The number of hydrogen-bond donors (Lipinski definition) is 1. The SMILES string of the molecule is CC1(C)CCCCCCCCCCC(=O)OCC(C(=O)O)CCC=CC=CCCC=CC=CC=CC=CCCC2CCCC1(C)O2. The zero-order valence-electron chi connectivity index (χ0n) is 29.3. The van der Waals surface area contributed by atoms with Gasteiger partial charge in [-0.1, -0.05) is 132 Å². The number of esters is 1. The van der Waals surface area contributed by atoms with Gasteiger partial charge in [0, 0.05) is 6.42 Å². The summed E-state index contributed by atoms with van der Waals surface area (Å²) in [5.41, 5.74) is 0.101. The quantitative estimate of drug-likeness (QED) is 0.290. The maximum atomic E-state index is 12.2. The van der Waals surface area contributed by atoms with Crippen molar-refractivity contribution in [3.63, 3.8) is 0 Å². The molecule has 0 spiro atoms. The average molecular weight is 637 g/mol. The van der Waals surface area contributed by atoms with Crippen molar-refractivity contribution in [1.82, 2.24) is 0 Å². The van der Waals surface area contributed by atoms with Gasteiger partial charge in [-0.15, -0.1) is 0 Å². The van der Waals surface area contributed by atoms with Crippen molar-refractivity contribution in [3.05, 3.63) is 72.9 Å². The minimum atomic E-state index is -0.910. The van der Waals surface area contributed by atoms with Gasteiger partial charge in [-0.2, -0.15) is 0 Å². The third-order valence-electron chi connectivity index (χ3n) is 9.81. The van der Waals surface area contributed by atoms with E-state index in [1.165, 1.54) is 51.4 Å². The van der Waals surface area contributed by atoms with E-state index in [0.717, 1.165) is 51.4 Å². The Kier molecular flexibility index (Phi) is 20.3. The summed E-state index contributed by atoms with van der Waals surface area (Å²) in [5.74, 6) is -1.86. The van der Waals surface area contributed by atoms with E-state index >= 15 is 0 Å². The molecular weight excluding hydrogens is 572 g/mol. The summed E-state index contributed by atoms with van der Waals surface area (Å²) < 4.78 is 12.1. The van der Waals surface area contributed by atoms with E-state index in [1.807, 2.05) is 18.2 Å². The number of allylic oxidation sites excluding steroid dienone is 12. The molecule has 1 N–H and O–H groups in total. The summed E-state index contributed by atoms with van der Waals surface area (Å²) in [6, 6.07) is 0. The number of ether oxygens (including phenoxy) is 2. The lowest BCUT2D eigenvalue weighted by atomic mass is 9.68. The van der Waals surface area contributed by atoms with Gasteiger partial charge in [0.2, 0.25) is 0 Å². The Balaban J connectivity index is 1.86. The van der Waals surface area contributed by atoms with Crippen molar-refractivity contribution < 1.29 is 24.2 Å². The first-order chi connectivity index (χ1) is 22.2. The molecule has 3 atom stereocenters. The first-order valence-electron chi connectivity index (χ1n) is 18.3. The molecule has 0 aromatic rings. The molecule has 1 saturated heterocycles. The Bertz CT molecular complexity index is 1030. The number of fused-ring (bicyclic) bond motifs is 2. The summed E-state index contributed by atoms with van der Waals surface area (Å²) in [7, 11) is 0. The molecule has 2 bridgehead atoms. The molecule has 2 heterocycles. The Labute approximate surface area is 281 Å². The normalized spacial score (nSPS) is 27.9. The maximum Gasteiger partial charge on any atom is 0.309 e. The molecule has 0 saturated carbocycles. The number of hydrogen-bond acceptors (Lipinski definition) is 4. The van der Waals surface area contributed by atoms with Crippen LogP contribution in [-0.2, 0) is 19.1 Å². The van der Waals surface area contributed by atoms with Crippen molar-refractivity contribution in [2.75, 3.05) is 6.61 Å². The van der Waals surface area contributed by atoms with Crippen LogP contribution >= 0.6 is 0 Å². The Morgan fingerprint density at radius 3 is 1.80 bits per heavy atom. The molecule has 258 valence electrons. The van der Waals surface area contributed by atoms with Gasteiger partial charge in [-0.25, -0.2) is 0 Å². The second kappa shape index (κ2) is 23.6. The van der Waals surface area contributed by atoms with Crippen molar-refractivity contribution in [3.8, 4) is 0 Å². The number of carbonyl (C=O) groups is 2. The third kappa shape index (κ3) is 17.3.